The van der Waals surface area contributed by atoms with Crippen molar-refractivity contribution in [2.45, 2.75) is 62.7 Å². The number of carboxylic acids is 1. The van der Waals surface area contributed by atoms with Crippen LogP contribution >= 0.6 is 0 Å². The number of aliphatic carboxylic acids is 1. The zero-order chi connectivity index (χ0) is 30.4. The number of hydrogen-bond acceptors (Lipinski definition) is 8. The first-order chi connectivity index (χ1) is 19.6. The minimum atomic E-state index is -1.26. The molecule has 0 bridgehead atoms. The van der Waals surface area contributed by atoms with Crippen LogP contribution in [0.25, 0.3) is 10.9 Å². The summed E-state index contributed by atoms with van der Waals surface area (Å²) in [4.78, 5) is 58.0. The van der Waals surface area contributed by atoms with Crippen molar-refractivity contribution in [1.29, 1.82) is 0 Å². The Labute approximate surface area is 237 Å². The van der Waals surface area contributed by atoms with E-state index >= 15 is 0 Å². The number of para-hydroxylation sites is 1. The Morgan fingerprint density at radius 1 is 0.902 bits per heavy atom. The van der Waals surface area contributed by atoms with E-state index in [-0.39, 0.29) is 38.2 Å². The van der Waals surface area contributed by atoms with Gasteiger partial charge in [0.1, 0.15) is 24.2 Å². The number of amides is 3. The first kappa shape index (κ1) is 33.0. The number of nitrogens with one attached hydrogen (secondary N) is 4. The summed E-state index contributed by atoms with van der Waals surface area (Å²) >= 11 is 0. The van der Waals surface area contributed by atoms with Crippen molar-refractivity contribution in [2.24, 2.45) is 27.9 Å². The highest BCUT2D eigenvalue weighted by atomic mass is 16.4. The van der Waals surface area contributed by atoms with Gasteiger partial charge in [-0.1, -0.05) is 18.2 Å². The van der Waals surface area contributed by atoms with Gasteiger partial charge in [-0.05, 0) is 50.3 Å². The molecule has 226 valence electrons. The van der Waals surface area contributed by atoms with Crippen molar-refractivity contribution < 1.29 is 29.4 Å². The summed E-state index contributed by atoms with van der Waals surface area (Å²) in [6.07, 6.45) is 3.36. The van der Waals surface area contributed by atoms with E-state index in [1.807, 2.05) is 24.3 Å². The summed E-state index contributed by atoms with van der Waals surface area (Å²) in [5, 5.41) is 27.4. The Bertz CT molecular complexity index is 1200. The number of aromatic amines is 1. The van der Waals surface area contributed by atoms with Crippen molar-refractivity contribution in [3.05, 3.63) is 36.0 Å². The number of nitrogens with zero attached hydrogens (tertiary/aromatic N) is 1. The van der Waals surface area contributed by atoms with Gasteiger partial charge in [0, 0.05) is 30.1 Å². The fraction of sp³-hybridized carbons (Fsp3) is 0.500. The number of fused-ring (bicyclic) bond motifs is 1. The summed E-state index contributed by atoms with van der Waals surface area (Å²) in [5.41, 5.74) is 23.3. The number of rotatable bonds is 18. The van der Waals surface area contributed by atoms with Crippen molar-refractivity contribution >= 4 is 40.6 Å². The van der Waals surface area contributed by atoms with Crippen LogP contribution < -0.4 is 38.9 Å². The molecule has 0 spiro atoms. The molecule has 2 rings (SSSR count). The van der Waals surface area contributed by atoms with Gasteiger partial charge in [-0.15, -0.1) is 0 Å². The molecular formula is C26H41N9O6. The van der Waals surface area contributed by atoms with Gasteiger partial charge in [-0.25, -0.2) is 4.79 Å². The minimum absolute atomic E-state index is 0.0293. The van der Waals surface area contributed by atoms with Crippen LogP contribution in [0.2, 0.25) is 0 Å². The standard InChI is InChI=1S/C26H41N9O6/c27-10-4-3-8-19(33-22(37)17(28)14-36)23(38)35-21(12-15-13-32-18-7-2-1-6-16(15)18)24(39)34-20(25(40)41)9-5-11-31-26(29)30/h1-2,6-7,13,17,19-21,32,36H,3-5,8-12,14,27-28H2,(H,33,37)(H,34,39)(H,35,38)(H,40,41)(H4,29,30,31). The minimum Gasteiger partial charge on any atom is -0.480 e. The largest absolute Gasteiger partial charge is 0.480 e. The quantitative estimate of drug-likeness (QED) is 0.0518. The van der Waals surface area contributed by atoms with E-state index < -0.39 is 54.5 Å². The molecule has 15 nitrogen and oxygen atoms in total. The van der Waals surface area contributed by atoms with Gasteiger partial charge < -0.3 is 54.1 Å². The number of carbonyl (C=O) groups excluding carboxylic acids is 3. The van der Waals surface area contributed by atoms with Crippen LogP contribution in [0.15, 0.2) is 35.5 Å². The molecule has 0 aliphatic heterocycles. The van der Waals surface area contributed by atoms with Crippen LogP contribution in [0.3, 0.4) is 0 Å². The lowest BCUT2D eigenvalue weighted by atomic mass is 10.0. The van der Waals surface area contributed by atoms with E-state index in [9.17, 15) is 29.4 Å². The smallest absolute Gasteiger partial charge is 0.326 e. The maximum Gasteiger partial charge on any atom is 0.326 e. The summed E-state index contributed by atoms with van der Waals surface area (Å²) in [7, 11) is 0. The fourth-order valence-electron chi connectivity index (χ4n) is 4.16. The molecule has 0 fully saturated rings. The molecule has 0 aliphatic rings. The Hall–Kier alpha value is -4.21. The van der Waals surface area contributed by atoms with Crippen molar-refractivity contribution in [3.63, 3.8) is 0 Å². The van der Waals surface area contributed by atoms with E-state index in [1.165, 1.54) is 0 Å². The van der Waals surface area contributed by atoms with Crippen LogP contribution in [0.1, 0.15) is 37.7 Å². The maximum atomic E-state index is 13.4. The monoisotopic (exact) mass is 575 g/mol. The highest BCUT2D eigenvalue weighted by molar-refractivity contribution is 5.94. The van der Waals surface area contributed by atoms with Gasteiger partial charge in [0.25, 0.3) is 0 Å². The van der Waals surface area contributed by atoms with Gasteiger partial charge in [0.05, 0.1) is 6.61 Å². The highest BCUT2D eigenvalue weighted by Gasteiger charge is 2.30. The molecule has 4 unspecified atom stereocenters. The normalized spacial score (nSPS) is 13.9. The number of carboxylic acid groups (broad SMARTS) is 1. The number of aromatic nitrogens is 1. The van der Waals surface area contributed by atoms with Gasteiger partial charge in [0.2, 0.25) is 17.7 Å². The third-order valence-electron chi connectivity index (χ3n) is 6.41. The average Bonchev–Trinajstić information content (AvgIpc) is 3.35. The number of guanidine groups is 1. The van der Waals surface area contributed by atoms with Crippen LogP contribution in [0.5, 0.6) is 0 Å². The molecule has 41 heavy (non-hydrogen) atoms. The molecular weight excluding hydrogens is 534 g/mol. The third kappa shape index (κ3) is 10.7. The van der Waals surface area contributed by atoms with Crippen molar-refractivity contribution in [2.75, 3.05) is 19.7 Å². The van der Waals surface area contributed by atoms with Crippen LogP contribution in [-0.4, -0.2) is 88.7 Å². The van der Waals surface area contributed by atoms with Crippen LogP contribution in [-0.2, 0) is 25.6 Å². The predicted octanol–water partition coefficient (Wildman–Crippen LogP) is -2.25. The zero-order valence-corrected chi connectivity index (χ0v) is 22.8. The number of nitrogens with two attached hydrogens (primary N) is 4. The van der Waals surface area contributed by atoms with E-state index in [0.717, 1.165) is 10.9 Å². The highest BCUT2D eigenvalue weighted by Crippen LogP contribution is 2.19. The van der Waals surface area contributed by atoms with E-state index in [4.69, 9.17) is 22.9 Å². The first-order valence-electron chi connectivity index (χ1n) is 13.4. The second-order valence-corrected chi connectivity index (χ2v) is 9.61. The second-order valence-electron chi connectivity index (χ2n) is 9.61. The summed E-state index contributed by atoms with van der Waals surface area (Å²) in [5.74, 6) is -3.51. The lowest BCUT2D eigenvalue weighted by Gasteiger charge is -2.25. The molecule has 0 saturated heterocycles. The molecule has 0 radical (unpaired) electrons. The van der Waals surface area contributed by atoms with Crippen LogP contribution in [0.4, 0.5) is 0 Å². The molecule has 0 saturated carbocycles. The maximum absolute atomic E-state index is 13.4. The van der Waals surface area contributed by atoms with E-state index in [1.54, 1.807) is 6.20 Å². The Morgan fingerprint density at radius 3 is 2.20 bits per heavy atom. The fourth-order valence-corrected chi connectivity index (χ4v) is 4.16. The van der Waals surface area contributed by atoms with E-state index in [0.29, 0.717) is 24.9 Å². The second kappa shape index (κ2) is 16.8. The summed E-state index contributed by atoms with van der Waals surface area (Å²) < 4.78 is 0. The van der Waals surface area contributed by atoms with Gasteiger partial charge in [-0.2, -0.15) is 0 Å². The number of aliphatic imine (C=N–C) groups is 1. The Kier molecular flexibility index (Phi) is 13.5. The molecule has 1 heterocycles. The summed E-state index contributed by atoms with van der Waals surface area (Å²) in [6, 6.07) is 2.63. The number of unbranched alkanes of at least 4 members (excludes halogenated alkanes) is 1. The number of H-pyrrole nitrogens is 1. The average molecular weight is 576 g/mol. The number of aliphatic hydroxyl groups excluding tert-OH is 1. The van der Waals surface area contributed by atoms with Crippen molar-refractivity contribution in [1.82, 2.24) is 20.9 Å². The van der Waals surface area contributed by atoms with Crippen molar-refractivity contribution in [3.8, 4) is 0 Å². The molecule has 1 aromatic heterocycles. The first-order valence-corrected chi connectivity index (χ1v) is 13.4. The Morgan fingerprint density at radius 2 is 1.54 bits per heavy atom. The number of aliphatic hydroxyl groups is 1. The topological polar surface area (TPSA) is 277 Å². The molecule has 0 aliphatic carbocycles. The SMILES string of the molecule is NCCCCC(NC(=O)C(N)CO)C(=O)NC(Cc1c[nH]c2ccccc12)C(=O)NC(CCCN=C(N)N)C(=O)O. The molecule has 15 heteroatoms. The Balaban J connectivity index is 2.29. The van der Waals surface area contributed by atoms with E-state index in [2.05, 4.69) is 25.9 Å². The molecule has 2 aromatic rings. The van der Waals surface area contributed by atoms with Gasteiger partial charge in [-0.3, -0.25) is 19.4 Å². The molecule has 4 atom stereocenters. The predicted molar refractivity (Wildman–Crippen MR) is 153 cm³/mol. The lowest BCUT2D eigenvalue weighted by Crippen LogP contribution is -2.58. The zero-order valence-electron chi connectivity index (χ0n) is 22.8. The summed E-state index contributed by atoms with van der Waals surface area (Å²) in [6.45, 7) is -0.0598. The molecule has 1 aromatic carbocycles. The van der Waals surface area contributed by atoms with Gasteiger partial charge >= 0.3 is 5.97 Å². The number of carbonyl (C=O) groups is 4. The lowest BCUT2D eigenvalue weighted by molar-refractivity contribution is -0.142. The number of hydrogen-bond donors (Lipinski definition) is 10. The molecule has 3 amide bonds. The number of benzene rings is 1. The van der Waals surface area contributed by atoms with Crippen LogP contribution in [0, 0.1) is 0 Å². The van der Waals surface area contributed by atoms with Gasteiger partial charge in [0.15, 0.2) is 5.96 Å². The molecule has 14 N–H and O–H groups in total. The third-order valence-corrected chi connectivity index (χ3v) is 6.41.